The predicted molar refractivity (Wildman–Crippen MR) is 103 cm³/mol. The molecule has 0 N–H and O–H groups in total. The molecule has 134 valence electrons. The first-order chi connectivity index (χ1) is 13.0. The van der Waals surface area contributed by atoms with Crippen molar-refractivity contribution in [3.05, 3.63) is 82.7 Å². The summed E-state index contributed by atoms with van der Waals surface area (Å²) in [5.41, 5.74) is 3.06. The van der Waals surface area contributed by atoms with Crippen LogP contribution in [0.5, 0.6) is 0 Å². The normalized spacial score (nSPS) is 19.0. The summed E-state index contributed by atoms with van der Waals surface area (Å²) in [5, 5.41) is 4.15. The number of rotatable bonds is 2. The van der Waals surface area contributed by atoms with Crippen LogP contribution in [-0.4, -0.2) is 23.1 Å². The van der Waals surface area contributed by atoms with E-state index in [2.05, 4.69) is 11.2 Å². The van der Waals surface area contributed by atoms with Gasteiger partial charge in [0.05, 0.1) is 16.9 Å². The van der Waals surface area contributed by atoms with E-state index in [9.17, 15) is 4.79 Å². The van der Waals surface area contributed by atoms with Gasteiger partial charge in [0.25, 0.3) is 0 Å². The van der Waals surface area contributed by atoms with Gasteiger partial charge in [-0.15, -0.1) is 0 Å². The Morgan fingerprint density at radius 2 is 1.74 bits per heavy atom. The van der Waals surface area contributed by atoms with Crippen molar-refractivity contribution in [3.8, 4) is 12.5 Å². The second-order valence-corrected chi connectivity index (χ2v) is 6.60. The minimum atomic E-state index is -1.02. The first-order valence-corrected chi connectivity index (χ1v) is 8.66. The predicted octanol–water partition coefficient (Wildman–Crippen LogP) is 4.05. The number of nitrogens with zero attached hydrogens (tertiary/aromatic N) is 3. The quantitative estimate of drug-likeness (QED) is 0.650. The topological polar surface area (TPSA) is 49.6 Å². The van der Waals surface area contributed by atoms with Crippen LogP contribution < -0.4 is 4.90 Å². The van der Waals surface area contributed by atoms with E-state index in [-0.39, 0.29) is 6.03 Å². The van der Waals surface area contributed by atoms with Crippen LogP contribution in [-0.2, 0) is 5.54 Å². The summed E-state index contributed by atoms with van der Waals surface area (Å²) in [6.45, 7) is 3.72. The largest absolute Gasteiger partial charge is 0.361 e. The summed E-state index contributed by atoms with van der Waals surface area (Å²) in [4.78, 5) is 16.3. The van der Waals surface area contributed by atoms with Gasteiger partial charge in [-0.1, -0.05) is 60.1 Å². The van der Waals surface area contributed by atoms with Gasteiger partial charge in [0.15, 0.2) is 0 Å². The van der Waals surface area contributed by atoms with Crippen LogP contribution in [0.1, 0.15) is 28.1 Å². The van der Waals surface area contributed by atoms with Gasteiger partial charge < -0.3 is 4.52 Å². The summed E-state index contributed by atoms with van der Waals surface area (Å²) in [6, 6.07) is 19.9. The molecule has 0 bridgehead atoms. The number of carbonyl (C=O) groups is 1. The van der Waals surface area contributed by atoms with Gasteiger partial charge in [0.2, 0.25) is 0 Å². The molecule has 1 aromatic heterocycles. The monoisotopic (exact) mass is 357 g/mol. The smallest absolute Gasteiger partial charge is 0.337 e. The maximum absolute atomic E-state index is 13.3. The molecular formula is C22H19N3O2. The van der Waals surface area contributed by atoms with E-state index in [1.807, 2.05) is 68.4 Å². The summed E-state index contributed by atoms with van der Waals surface area (Å²) in [5.74, 6) is 0.628. The Labute approximate surface area is 158 Å². The van der Waals surface area contributed by atoms with Crippen LogP contribution in [0.3, 0.4) is 0 Å². The third-order valence-electron chi connectivity index (χ3n) is 5.18. The number of benzene rings is 2. The van der Waals surface area contributed by atoms with Crippen LogP contribution in [0.15, 0.2) is 59.1 Å². The van der Waals surface area contributed by atoms with E-state index >= 15 is 0 Å². The molecule has 2 amide bonds. The Morgan fingerprint density at radius 3 is 2.37 bits per heavy atom. The van der Waals surface area contributed by atoms with Crippen LogP contribution in [0.4, 0.5) is 10.5 Å². The minimum absolute atomic E-state index is 0.278. The summed E-state index contributed by atoms with van der Waals surface area (Å²) >= 11 is 0. The fraction of sp³-hybridized carbons (Fsp3) is 0.182. The fourth-order valence-corrected chi connectivity index (χ4v) is 4.10. The first kappa shape index (κ1) is 16.9. The molecule has 0 spiro atoms. The molecule has 1 unspecified atom stereocenters. The molecule has 5 nitrogen and oxygen atoms in total. The zero-order valence-electron chi connectivity index (χ0n) is 15.4. The number of hydrogen-bond acceptors (Lipinski definition) is 3. The average molecular weight is 357 g/mol. The number of carbonyl (C=O) groups excluding carboxylic acids is 1. The van der Waals surface area contributed by atoms with Crippen molar-refractivity contribution in [3.63, 3.8) is 0 Å². The van der Waals surface area contributed by atoms with Crippen molar-refractivity contribution in [2.45, 2.75) is 19.4 Å². The van der Waals surface area contributed by atoms with Crippen LogP contribution in [0.2, 0.25) is 0 Å². The number of hydrogen-bond donors (Lipinski definition) is 0. The standard InChI is InChI=1S/C22H19N3O2/c1-5-25-21(26)24(4)19-14-10-9-13-18(19)22(25,17-11-7-6-8-12-17)20-15(2)23-27-16(20)3/h1,6-14H,2-4H3. The van der Waals surface area contributed by atoms with E-state index in [1.165, 1.54) is 4.90 Å². The molecule has 3 aromatic rings. The number of aryl methyl sites for hydroxylation is 2. The van der Waals surface area contributed by atoms with Crippen molar-refractivity contribution in [2.75, 3.05) is 11.9 Å². The lowest BCUT2D eigenvalue weighted by Gasteiger charge is -2.48. The van der Waals surface area contributed by atoms with E-state index in [0.29, 0.717) is 11.5 Å². The Hall–Kier alpha value is -3.52. The van der Waals surface area contributed by atoms with Gasteiger partial charge in [0, 0.05) is 18.7 Å². The van der Waals surface area contributed by atoms with E-state index in [1.54, 1.807) is 11.9 Å². The van der Waals surface area contributed by atoms with Crippen molar-refractivity contribution < 1.29 is 9.32 Å². The van der Waals surface area contributed by atoms with Gasteiger partial charge in [0.1, 0.15) is 11.3 Å². The highest BCUT2D eigenvalue weighted by molar-refractivity contribution is 5.98. The second kappa shape index (κ2) is 6.03. The SMILES string of the molecule is C#CN1C(=O)N(C)c2ccccc2C1(c1ccccc1)c1c(C)noc1C. The molecule has 0 saturated carbocycles. The number of urea groups is 1. The molecule has 4 rings (SSSR count). The Bertz CT molecular complexity index is 1050. The van der Waals surface area contributed by atoms with E-state index in [0.717, 1.165) is 22.4 Å². The molecule has 2 heterocycles. The molecule has 0 aliphatic carbocycles. The molecular weight excluding hydrogens is 338 g/mol. The van der Waals surface area contributed by atoms with E-state index < -0.39 is 5.54 Å². The highest BCUT2D eigenvalue weighted by Crippen LogP contribution is 2.50. The van der Waals surface area contributed by atoms with Crippen molar-refractivity contribution in [2.24, 2.45) is 0 Å². The fourth-order valence-electron chi connectivity index (χ4n) is 4.10. The summed E-state index contributed by atoms with van der Waals surface area (Å²) < 4.78 is 5.49. The number of terminal acetylenes is 1. The third kappa shape index (κ3) is 2.13. The number of para-hydroxylation sites is 1. The van der Waals surface area contributed by atoms with Gasteiger partial charge >= 0.3 is 6.03 Å². The van der Waals surface area contributed by atoms with E-state index in [4.69, 9.17) is 10.9 Å². The molecule has 1 aliphatic rings. The van der Waals surface area contributed by atoms with Crippen LogP contribution in [0, 0.1) is 26.3 Å². The zero-order valence-corrected chi connectivity index (χ0v) is 15.4. The molecule has 27 heavy (non-hydrogen) atoms. The Morgan fingerprint density at radius 1 is 1.07 bits per heavy atom. The number of aromatic nitrogens is 1. The highest BCUT2D eigenvalue weighted by Gasteiger charge is 2.53. The Kier molecular flexibility index (Phi) is 3.78. The van der Waals surface area contributed by atoms with Gasteiger partial charge in [-0.05, 0) is 25.5 Å². The molecule has 5 heteroatoms. The number of amides is 2. The first-order valence-electron chi connectivity index (χ1n) is 8.66. The zero-order chi connectivity index (χ0) is 19.2. The molecule has 2 aromatic carbocycles. The summed E-state index contributed by atoms with van der Waals surface area (Å²) in [7, 11) is 1.73. The molecule has 0 radical (unpaired) electrons. The lowest BCUT2D eigenvalue weighted by molar-refractivity contribution is 0.195. The molecule has 0 fully saturated rings. The van der Waals surface area contributed by atoms with Crippen molar-refractivity contribution >= 4 is 11.7 Å². The minimum Gasteiger partial charge on any atom is -0.361 e. The highest BCUT2D eigenvalue weighted by atomic mass is 16.5. The van der Waals surface area contributed by atoms with Crippen LogP contribution >= 0.6 is 0 Å². The molecule has 1 atom stereocenters. The lowest BCUT2D eigenvalue weighted by Crippen LogP contribution is -2.57. The van der Waals surface area contributed by atoms with Crippen molar-refractivity contribution in [1.82, 2.24) is 10.1 Å². The second-order valence-electron chi connectivity index (χ2n) is 6.60. The molecule has 0 saturated heterocycles. The van der Waals surface area contributed by atoms with Gasteiger partial charge in [-0.25, -0.2) is 9.69 Å². The number of anilines is 1. The molecule has 1 aliphatic heterocycles. The van der Waals surface area contributed by atoms with Crippen molar-refractivity contribution in [1.29, 1.82) is 0 Å². The van der Waals surface area contributed by atoms with Gasteiger partial charge in [-0.2, -0.15) is 0 Å². The van der Waals surface area contributed by atoms with Crippen LogP contribution in [0.25, 0.3) is 0 Å². The maximum Gasteiger partial charge on any atom is 0.337 e. The maximum atomic E-state index is 13.3. The number of fused-ring (bicyclic) bond motifs is 1. The summed E-state index contributed by atoms with van der Waals surface area (Å²) in [6.07, 6.45) is 5.91. The van der Waals surface area contributed by atoms with Gasteiger partial charge in [-0.3, -0.25) is 4.90 Å². The third-order valence-corrected chi connectivity index (χ3v) is 5.18. The average Bonchev–Trinajstić information content (AvgIpc) is 3.04. The lowest BCUT2D eigenvalue weighted by atomic mass is 9.73. The Balaban J connectivity index is 2.23.